The van der Waals surface area contributed by atoms with Gasteiger partial charge in [0.15, 0.2) is 0 Å². The Kier molecular flexibility index (Phi) is 4.15. The van der Waals surface area contributed by atoms with E-state index in [1.807, 2.05) is 24.3 Å². The van der Waals surface area contributed by atoms with E-state index in [4.69, 9.17) is 9.57 Å². The molecule has 0 unspecified atom stereocenters. The van der Waals surface area contributed by atoms with Crippen LogP contribution in [0.25, 0.3) is 10.2 Å². The Morgan fingerprint density at radius 3 is 3.00 bits per heavy atom. The molecule has 1 atom stereocenters. The zero-order valence-electron chi connectivity index (χ0n) is 13.0. The molecule has 0 saturated heterocycles. The molecule has 1 aromatic heterocycles. The number of oxime groups is 1. The molecule has 0 aliphatic carbocycles. The predicted molar refractivity (Wildman–Crippen MR) is 91.8 cm³/mol. The van der Waals surface area contributed by atoms with Crippen LogP contribution in [-0.4, -0.2) is 22.8 Å². The van der Waals surface area contributed by atoms with Gasteiger partial charge in [0, 0.05) is 12.0 Å². The third-order valence-corrected chi connectivity index (χ3v) is 4.78. The first-order valence-electron chi connectivity index (χ1n) is 7.69. The lowest BCUT2D eigenvalue weighted by molar-refractivity contribution is -0.156. The van der Waals surface area contributed by atoms with Crippen LogP contribution in [-0.2, 0) is 21.0 Å². The Balaban J connectivity index is 1.36. The summed E-state index contributed by atoms with van der Waals surface area (Å²) in [5.41, 5.74) is 2.01. The third-order valence-electron chi connectivity index (χ3n) is 3.77. The van der Waals surface area contributed by atoms with Gasteiger partial charge >= 0.3 is 5.97 Å². The molecule has 0 amide bonds. The first-order valence-corrected chi connectivity index (χ1v) is 8.50. The fourth-order valence-electron chi connectivity index (χ4n) is 2.55. The number of hydrogen-bond donors (Lipinski definition) is 0. The number of nitrogens with zero attached hydrogens (tertiary/aromatic N) is 2. The SMILES string of the molecule is O=C(OCc1nc2ccccc2s1)[C@H]1CC(c2cccc(F)c2)=NO1. The molecule has 126 valence electrons. The summed E-state index contributed by atoms with van der Waals surface area (Å²) < 4.78 is 19.6. The van der Waals surface area contributed by atoms with Gasteiger partial charge in [0.1, 0.15) is 17.4 Å². The van der Waals surface area contributed by atoms with E-state index >= 15 is 0 Å². The fourth-order valence-corrected chi connectivity index (χ4v) is 3.43. The smallest absolute Gasteiger partial charge is 0.351 e. The Hall–Kier alpha value is -2.80. The number of esters is 1. The second kappa shape index (κ2) is 6.60. The van der Waals surface area contributed by atoms with Crippen LogP contribution in [0, 0.1) is 5.82 Å². The number of ether oxygens (including phenoxy) is 1. The van der Waals surface area contributed by atoms with E-state index in [0.717, 1.165) is 15.2 Å². The Morgan fingerprint density at radius 1 is 1.28 bits per heavy atom. The second-order valence-electron chi connectivity index (χ2n) is 5.53. The summed E-state index contributed by atoms with van der Waals surface area (Å²) in [4.78, 5) is 21.7. The molecular formula is C18H13FN2O3S. The van der Waals surface area contributed by atoms with Gasteiger partial charge in [0.05, 0.1) is 15.9 Å². The zero-order chi connectivity index (χ0) is 17.2. The first-order chi connectivity index (χ1) is 12.2. The topological polar surface area (TPSA) is 60.8 Å². The normalized spacial score (nSPS) is 16.5. The molecule has 2 aromatic carbocycles. The highest BCUT2D eigenvalue weighted by atomic mass is 32.1. The summed E-state index contributed by atoms with van der Waals surface area (Å²) in [7, 11) is 0. The zero-order valence-corrected chi connectivity index (χ0v) is 13.8. The Labute approximate surface area is 146 Å². The van der Waals surface area contributed by atoms with Crippen LogP contribution in [0.15, 0.2) is 53.7 Å². The van der Waals surface area contributed by atoms with E-state index in [-0.39, 0.29) is 18.8 Å². The maximum absolute atomic E-state index is 13.3. The molecule has 4 rings (SSSR count). The predicted octanol–water partition coefficient (Wildman–Crippen LogP) is 3.67. The van der Waals surface area contributed by atoms with Gasteiger partial charge < -0.3 is 9.57 Å². The average Bonchev–Trinajstić information content (AvgIpc) is 3.26. The number of carbonyl (C=O) groups excluding carboxylic acids is 1. The van der Waals surface area contributed by atoms with Gasteiger partial charge in [-0.2, -0.15) is 0 Å². The van der Waals surface area contributed by atoms with Crippen LogP contribution in [0.5, 0.6) is 0 Å². The molecule has 25 heavy (non-hydrogen) atoms. The first kappa shape index (κ1) is 15.7. The van der Waals surface area contributed by atoms with E-state index in [1.54, 1.807) is 12.1 Å². The van der Waals surface area contributed by atoms with Crippen molar-refractivity contribution in [3.05, 3.63) is 64.9 Å². The number of benzene rings is 2. The molecule has 0 N–H and O–H groups in total. The number of rotatable bonds is 4. The molecule has 2 heterocycles. The van der Waals surface area contributed by atoms with Gasteiger partial charge in [-0.25, -0.2) is 14.2 Å². The molecule has 0 bridgehead atoms. The molecular weight excluding hydrogens is 343 g/mol. The number of para-hydroxylation sites is 1. The molecule has 0 radical (unpaired) electrons. The molecule has 0 saturated carbocycles. The quantitative estimate of drug-likeness (QED) is 0.669. The monoisotopic (exact) mass is 356 g/mol. The highest BCUT2D eigenvalue weighted by molar-refractivity contribution is 7.18. The number of aromatic nitrogens is 1. The van der Waals surface area contributed by atoms with Crippen LogP contribution in [0.3, 0.4) is 0 Å². The standard InChI is InChI=1S/C18H13FN2O3S/c19-12-5-3-4-11(8-12)14-9-15(24-21-14)18(22)23-10-17-20-13-6-1-2-7-16(13)25-17/h1-8,15H,9-10H2/t15-/m1/s1. The number of fused-ring (bicyclic) bond motifs is 1. The van der Waals surface area contributed by atoms with Crippen molar-refractivity contribution in [3.63, 3.8) is 0 Å². The van der Waals surface area contributed by atoms with Gasteiger partial charge in [0.2, 0.25) is 6.10 Å². The second-order valence-corrected chi connectivity index (χ2v) is 6.64. The summed E-state index contributed by atoms with van der Waals surface area (Å²) in [6, 6.07) is 13.8. The van der Waals surface area contributed by atoms with Gasteiger partial charge in [-0.1, -0.05) is 29.4 Å². The minimum absolute atomic E-state index is 0.0906. The third kappa shape index (κ3) is 3.36. The van der Waals surface area contributed by atoms with Crippen molar-refractivity contribution in [2.24, 2.45) is 5.16 Å². The van der Waals surface area contributed by atoms with Crippen molar-refractivity contribution in [3.8, 4) is 0 Å². The summed E-state index contributed by atoms with van der Waals surface area (Å²) in [5.74, 6) is -0.864. The van der Waals surface area contributed by atoms with Gasteiger partial charge in [-0.3, -0.25) is 0 Å². The van der Waals surface area contributed by atoms with Crippen molar-refractivity contribution in [1.29, 1.82) is 0 Å². The highest BCUT2D eigenvalue weighted by Gasteiger charge is 2.30. The molecule has 7 heteroatoms. The summed E-state index contributed by atoms with van der Waals surface area (Å²) >= 11 is 1.48. The van der Waals surface area contributed by atoms with Crippen molar-refractivity contribution >= 4 is 33.2 Å². The summed E-state index contributed by atoms with van der Waals surface area (Å²) in [6.07, 6.45) is -0.560. The summed E-state index contributed by atoms with van der Waals surface area (Å²) in [6.45, 7) is 0.0906. The highest BCUT2D eigenvalue weighted by Crippen LogP contribution is 2.23. The van der Waals surface area contributed by atoms with Crippen molar-refractivity contribution < 1.29 is 18.8 Å². The van der Waals surface area contributed by atoms with Crippen molar-refractivity contribution in [1.82, 2.24) is 4.98 Å². The molecule has 5 nitrogen and oxygen atoms in total. The van der Waals surface area contributed by atoms with Gasteiger partial charge in [-0.15, -0.1) is 11.3 Å². The van der Waals surface area contributed by atoms with Crippen LogP contribution in [0.4, 0.5) is 4.39 Å². The minimum Gasteiger partial charge on any atom is -0.455 e. The van der Waals surface area contributed by atoms with Gasteiger partial charge in [0.25, 0.3) is 0 Å². The maximum atomic E-state index is 13.3. The van der Waals surface area contributed by atoms with Crippen LogP contribution >= 0.6 is 11.3 Å². The molecule has 0 fully saturated rings. The lowest BCUT2D eigenvalue weighted by Crippen LogP contribution is -2.23. The van der Waals surface area contributed by atoms with Crippen molar-refractivity contribution in [2.75, 3.05) is 0 Å². The maximum Gasteiger partial charge on any atom is 0.351 e. The molecule has 1 aliphatic rings. The number of halogens is 1. The van der Waals surface area contributed by atoms with E-state index in [1.165, 1.54) is 23.5 Å². The molecule has 3 aromatic rings. The molecule has 1 aliphatic heterocycles. The lowest BCUT2D eigenvalue weighted by atomic mass is 10.1. The van der Waals surface area contributed by atoms with E-state index in [9.17, 15) is 9.18 Å². The number of carbonyl (C=O) groups is 1. The molecule has 0 spiro atoms. The van der Waals surface area contributed by atoms with Crippen LogP contribution < -0.4 is 0 Å². The lowest BCUT2D eigenvalue weighted by Gasteiger charge is -2.07. The largest absolute Gasteiger partial charge is 0.455 e. The Morgan fingerprint density at radius 2 is 2.16 bits per heavy atom. The fraction of sp³-hybridized carbons (Fsp3) is 0.167. The van der Waals surface area contributed by atoms with Gasteiger partial charge in [-0.05, 0) is 24.3 Å². The Bertz CT molecular complexity index is 937. The van der Waals surface area contributed by atoms with Crippen LogP contribution in [0.1, 0.15) is 17.0 Å². The van der Waals surface area contributed by atoms with Crippen molar-refractivity contribution in [2.45, 2.75) is 19.1 Å². The summed E-state index contributed by atoms with van der Waals surface area (Å²) in [5, 5.41) is 4.60. The minimum atomic E-state index is -0.812. The number of hydrogen-bond acceptors (Lipinski definition) is 6. The van der Waals surface area contributed by atoms with E-state index in [2.05, 4.69) is 10.1 Å². The van der Waals surface area contributed by atoms with Crippen LogP contribution in [0.2, 0.25) is 0 Å². The van der Waals surface area contributed by atoms with E-state index in [0.29, 0.717) is 11.3 Å². The average molecular weight is 356 g/mol. The van der Waals surface area contributed by atoms with E-state index < -0.39 is 12.1 Å². The number of thiazole rings is 1.